The Labute approximate surface area is 125 Å². The second-order valence-electron chi connectivity index (χ2n) is 4.70. The lowest BCUT2D eigenvalue weighted by Gasteiger charge is -2.19. The molecule has 0 spiro atoms. The summed E-state index contributed by atoms with van der Waals surface area (Å²) in [6.45, 7) is 7.32. The average Bonchev–Trinajstić information content (AvgIpc) is 2.48. The molecule has 2 rings (SSSR count). The monoisotopic (exact) mass is 287 g/mol. The Morgan fingerprint density at radius 3 is 2.50 bits per heavy atom. The van der Waals surface area contributed by atoms with Gasteiger partial charge < -0.3 is 5.32 Å². The van der Waals surface area contributed by atoms with Crippen LogP contribution >= 0.6 is 11.8 Å². The molecule has 0 aliphatic heterocycles. The van der Waals surface area contributed by atoms with E-state index in [0.29, 0.717) is 6.04 Å². The number of rotatable bonds is 6. The summed E-state index contributed by atoms with van der Waals surface area (Å²) in [5.74, 6) is 0. The molecular weight excluding hydrogens is 266 g/mol. The van der Waals surface area contributed by atoms with E-state index in [9.17, 15) is 0 Å². The lowest BCUT2D eigenvalue weighted by molar-refractivity contribution is 0.530. The van der Waals surface area contributed by atoms with E-state index in [1.54, 1.807) is 11.8 Å². The molecule has 1 aromatic heterocycles. The normalized spacial score (nSPS) is 12.3. The van der Waals surface area contributed by atoms with E-state index in [0.717, 1.165) is 23.7 Å². The molecule has 1 aromatic carbocycles. The lowest BCUT2D eigenvalue weighted by atomic mass is 10.0. The molecule has 0 radical (unpaired) electrons. The molecule has 4 heteroatoms. The van der Waals surface area contributed by atoms with Crippen LogP contribution in [0, 0.1) is 6.92 Å². The van der Waals surface area contributed by atoms with Crippen molar-refractivity contribution in [2.45, 2.75) is 43.3 Å². The summed E-state index contributed by atoms with van der Waals surface area (Å²) in [4.78, 5) is 9.98. The van der Waals surface area contributed by atoms with Crippen LogP contribution in [0.15, 0.2) is 46.7 Å². The number of aryl methyl sites for hydroxylation is 1. The molecule has 1 unspecified atom stereocenters. The summed E-state index contributed by atoms with van der Waals surface area (Å²) in [6.07, 6.45) is 4.79. The summed E-state index contributed by atoms with van der Waals surface area (Å²) in [7, 11) is 0. The fourth-order valence-electron chi connectivity index (χ4n) is 2.11. The number of nitrogens with one attached hydrogen (secondary N) is 1. The first kappa shape index (κ1) is 15.0. The first-order valence-electron chi connectivity index (χ1n) is 7.03. The lowest BCUT2D eigenvalue weighted by Crippen LogP contribution is -2.20. The third-order valence-corrected chi connectivity index (χ3v) is 4.10. The molecule has 0 saturated heterocycles. The largest absolute Gasteiger partial charge is 0.310 e. The van der Waals surface area contributed by atoms with Crippen LogP contribution in [0.4, 0.5) is 0 Å². The second-order valence-corrected chi connectivity index (χ2v) is 5.71. The summed E-state index contributed by atoms with van der Waals surface area (Å²) in [6, 6.07) is 8.87. The van der Waals surface area contributed by atoms with E-state index in [-0.39, 0.29) is 0 Å². The van der Waals surface area contributed by atoms with Gasteiger partial charge in [0.2, 0.25) is 0 Å². The molecule has 2 aromatic rings. The van der Waals surface area contributed by atoms with E-state index < -0.39 is 0 Å². The van der Waals surface area contributed by atoms with Crippen molar-refractivity contribution in [1.29, 1.82) is 0 Å². The van der Waals surface area contributed by atoms with Gasteiger partial charge in [0.1, 0.15) is 0 Å². The van der Waals surface area contributed by atoms with Crippen molar-refractivity contribution in [3.8, 4) is 0 Å². The highest BCUT2D eigenvalue weighted by Crippen LogP contribution is 2.32. The van der Waals surface area contributed by atoms with Gasteiger partial charge in [-0.25, -0.2) is 9.97 Å². The fraction of sp³-hybridized carbons (Fsp3) is 0.375. The quantitative estimate of drug-likeness (QED) is 0.815. The van der Waals surface area contributed by atoms with Gasteiger partial charge in [-0.15, -0.1) is 0 Å². The SMILES string of the molecule is CCNC(CC)c1ccccc1Sc1ncc(C)cn1. The first-order valence-corrected chi connectivity index (χ1v) is 7.85. The van der Waals surface area contributed by atoms with E-state index in [1.807, 2.05) is 19.3 Å². The highest BCUT2D eigenvalue weighted by molar-refractivity contribution is 7.99. The zero-order valence-corrected chi connectivity index (χ0v) is 13.1. The molecule has 1 N–H and O–H groups in total. The summed E-state index contributed by atoms with van der Waals surface area (Å²) in [5, 5.41) is 4.33. The van der Waals surface area contributed by atoms with Crippen LogP contribution in [-0.4, -0.2) is 16.5 Å². The Morgan fingerprint density at radius 2 is 1.85 bits per heavy atom. The summed E-state index contributed by atoms with van der Waals surface area (Å²) < 4.78 is 0. The van der Waals surface area contributed by atoms with Gasteiger partial charge in [0.05, 0.1) is 0 Å². The van der Waals surface area contributed by atoms with Gasteiger partial charge in [-0.05, 0) is 48.8 Å². The third-order valence-electron chi connectivity index (χ3n) is 3.11. The van der Waals surface area contributed by atoms with Crippen LogP contribution in [-0.2, 0) is 0 Å². The smallest absolute Gasteiger partial charge is 0.192 e. The second kappa shape index (κ2) is 7.41. The maximum Gasteiger partial charge on any atom is 0.192 e. The predicted molar refractivity (Wildman–Crippen MR) is 84.0 cm³/mol. The molecule has 0 aliphatic rings. The molecule has 1 atom stereocenters. The Kier molecular flexibility index (Phi) is 5.56. The van der Waals surface area contributed by atoms with E-state index in [1.165, 1.54) is 10.5 Å². The van der Waals surface area contributed by atoms with Crippen molar-refractivity contribution in [3.05, 3.63) is 47.8 Å². The molecule has 1 heterocycles. The Hall–Kier alpha value is -1.39. The fourth-order valence-corrected chi connectivity index (χ4v) is 3.00. The van der Waals surface area contributed by atoms with E-state index in [4.69, 9.17) is 0 Å². The number of hydrogen-bond acceptors (Lipinski definition) is 4. The van der Waals surface area contributed by atoms with Crippen molar-refractivity contribution in [2.24, 2.45) is 0 Å². The van der Waals surface area contributed by atoms with Gasteiger partial charge in [-0.2, -0.15) is 0 Å². The highest BCUT2D eigenvalue weighted by Gasteiger charge is 2.13. The summed E-state index contributed by atoms with van der Waals surface area (Å²) >= 11 is 1.63. The molecule has 0 saturated carbocycles. The highest BCUT2D eigenvalue weighted by atomic mass is 32.2. The maximum absolute atomic E-state index is 4.38. The van der Waals surface area contributed by atoms with Gasteiger partial charge >= 0.3 is 0 Å². The van der Waals surface area contributed by atoms with Gasteiger partial charge in [-0.1, -0.05) is 32.0 Å². The van der Waals surface area contributed by atoms with Crippen molar-refractivity contribution in [2.75, 3.05) is 6.54 Å². The number of benzene rings is 1. The first-order chi connectivity index (χ1) is 9.74. The van der Waals surface area contributed by atoms with Crippen molar-refractivity contribution in [1.82, 2.24) is 15.3 Å². The Morgan fingerprint density at radius 1 is 1.15 bits per heavy atom. The van der Waals surface area contributed by atoms with E-state index >= 15 is 0 Å². The van der Waals surface area contributed by atoms with Crippen molar-refractivity contribution < 1.29 is 0 Å². The van der Waals surface area contributed by atoms with Gasteiger partial charge in [-0.3, -0.25) is 0 Å². The minimum atomic E-state index is 0.383. The van der Waals surface area contributed by atoms with Crippen LogP contribution in [0.5, 0.6) is 0 Å². The topological polar surface area (TPSA) is 37.8 Å². The molecule has 0 aliphatic carbocycles. The van der Waals surface area contributed by atoms with Crippen LogP contribution in [0.2, 0.25) is 0 Å². The van der Waals surface area contributed by atoms with E-state index in [2.05, 4.69) is 53.4 Å². The Balaban J connectivity index is 2.25. The minimum absolute atomic E-state index is 0.383. The number of hydrogen-bond donors (Lipinski definition) is 1. The third kappa shape index (κ3) is 3.81. The Bertz CT molecular complexity index is 540. The van der Waals surface area contributed by atoms with Crippen LogP contribution in [0.1, 0.15) is 37.4 Å². The molecule has 0 amide bonds. The van der Waals surface area contributed by atoms with Gasteiger partial charge in [0.25, 0.3) is 0 Å². The molecule has 106 valence electrons. The molecular formula is C16H21N3S. The minimum Gasteiger partial charge on any atom is -0.310 e. The number of aromatic nitrogens is 2. The van der Waals surface area contributed by atoms with Crippen LogP contribution in [0.3, 0.4) is 0 Å². The van der Waals surface area contributed by atoms with Crippen LogP contribution < -0.4 is 5.32 Å². The maximum atomic E-state index is 4.38. The molecule has 20 heavy (non-hydrogen) atoms. The van der Waals surface area contributed by atoms with Gasteiger partial charge in [0.15, 0.2) is 5.16 Å². The average molecular weight is 287 g/mol. The standard InChI is InChI=1S/C16H21N3S/c1-4-14(17-5-2)13-8-6-7-9-15(13)20-16-18-10-12(3)11-19-16/h6-11,14,17H,4-5H2,1-3H3. The van der Waals surface area contributed by atoms with Crippen LogP contribution in [0.25, 0.3) is 0 Å². The molecule has 3 nitrogen and oxygen atoms in total. The molecule has 0 fully saturated rings. The summed E-state index contributed by atoms with van der Waals surface area (Å²) in [5.41, 5.74) is 2.41. The van der Waals surface area contributed by atoms with Crippen molar-refractivity contribution in [3.63, 3.8) is 0 Å². The zero-order chi connectivity index (χ0) is 14.4. The molecule has 0 bridgehead atoms. The van der Waals surface area contributed by atoms with Gasteiger partial charge in [0, 0.05) is 23.3 Å². The van der Waals surface area contributed by atoms with Crippen molar-refractivity contribution >= 4 is 11.8 Å². The predicted octanol–water partition coefficient (Wildman–Crippen LogP) is 4.00. The number of nitrogens with zero attached hydrogens (tertiary/aromatic N) is 2. The zero-order valence-electron chi connectivity index (χ0n) is 12.3.